The fourth-order valence-electron chi connectivity index (χ4n) is 2.07. The number of nitrogens with two attached hydrogens (primary N) is 1. The molecule has 0 heterocycles. The minimum absolute atomic E-state index is 0.0383. The molecule has 0 saturated carbocycles. The molecule has 0 fully saturated rings. The van der Waals surface area contributed by atoms with Gasteiger partial charge in [0.05, 0.1) is 4.90 Å². The van der Waals surface area contributed by atoms with Crippen LogP contribution in [0, 0.1) is 0 Å². The average molecular weight is 375 g/mol. The number of rotatable bonds is 6. The first-order valence-corrected chi connectivity index (χ1v) is 9.02. The van der Waals surface area contributed by atoms with E-state index < -0.39 is 21.9 Å². The Morgan fingerprint density at radius 3 is 2.12 bits per heavy atom. The van der Waals surface area contributed by atoms with Crippen LogP contribution in [-0.4, -0.2) is 34.2 Å². The molecule has 0 unspecified atom stereocenters. The molecule has 0 radical (unpaired) electrons. The molecule has 0 saturated heterocycles. The van der Waals surface area contributed by atoms with Gasteiger partial charge in [-0.3, -0.25) is 0 Å². The zero-order valence-electron chi connectivity index (χ0n) is 13.2. The molecule has 9 heteroatoms. The normalized spacial score (nSPS) is 12.0. The van der Waals surface area contributed by atoms with Gasteiger partial charge in [-0.2, -0.15) is 0 Å². The molecule has 2 rings (SSSR count). The number of alkyl halides is 3. The quantitative estimate of drug-likeness (QED) is 0.840. The van der Waals surface area contributed by atoms with Crippen LogP contribution in [0.1, 0.15) is 0 Å². The van der Waals surface area contributed by atoms with Gasteiger partial charge in [0.15, 0.2) is 21.3 Å². The van der Waals surface area contributed by atoms with Crippen molar-refractivity contribution >= 4 is 9.84 Å². The molecule has 0 aliphatic heterocycles. The summed E-state index contributed by atoms with van der Waals surface area (Å²) in [5, 5.41) is 0. The second kappa shape index (κ2) is 7.32. The van der Waals surface area contributed by atoms with Crippen LogP contribution < -0.4 is 15.2 Å². The highest BCUT2D eigenvalue weighted by molar-refractivity contribution is 7.90. The molecular weight excluding hydrogens is 359 g/mol. The third kappa shape index (κ3) is 5.36. The Hall–Kier alpha value is -2.26. The molecule has 0 bridgehead atoms. The van der Waals surface area contributed by atoms with Gasteiger partial charge >= 0.3 is 6.36 Å². The molecule has 0 aliphatic carbocycles. The lowest BCUT2D eigenvalue weighted by molar-refractivity contribution is -0.275. The highest BCUT2D eigenvalue weighted by Crippen LogP contribution is 2.36. The van der Waals surface area contributed by atoms with Crippen LogP contribution in [0.4, 0.5) is 13.2 Å². The lowest BCUT2D eigenvalue weighted by atomic mass is 10.1. The topological polar surface area (TPSA) is 78.6 Å². The van der Waals surface area contributed by atoms with Crippen molar-refractivity contribution in [1.82, 2.24) is 0 Å². The second-order valence-electron chi connectivity index (χ2n) is 5.14. The van der Waals surface area contributed by atoms with Crippen LogP contribution in [0.15, 0.2) is 47.4 Å². The number of hydrogen-bond acceptors (Lipinski definition) is 5. The van der Waals surface area contributed by atoms with Crippen molar-refractivity contribution in [3.05, 3.63) is 42.5 Å². The van der Waals surface area contributed by atoms with Gasteiger partial charge in [-0.15, -0.1) is 13.2 Å². The molecule has 2 N–H and O–H groups in total. The second-order valence-corrected chi connectivity index (χ2v) is 7.16. The average Bonchev–Trinajstić information content (AvgIpc) is 2.51. The first-order chi connectivity index (χ1) is 11.6. The number of ether oxygens (including phenoxy) is 2. The summed E-state index contributed by atoms with van der Waals surface area (Å²) in [4.78, 5) is 0.117. The van der Waals surface area contributed by atoms with Crippen molar-refractivity contribution in [2.24, 2.45) is 5.73 Å². The standard InChI is InChI=1S/C16H16F3NO4S/c1-25(21,22)13-5-2-11(3-6-13)12-4-7-14(23-9-8-20)15(10-12)24-16(17,18)19/h2-7,10H,8-9,20H2,1H3. The smallest absolute Gasteiger partial charge is 0.488 e. The number of benzene rings is 2. The predicted octanol–water partition coefficient (Wildman–Crippen LogP) is 2.99. The number of hydrogen-bond donors (Lipinski definition) is 1. The zero-order valence-corrected chi connectivity index (χ0v) is 14.0. The van der Waals surface area contributed by atoms with Crippen molar-refractivity contribution in [3.8, 4) is 22.6 Å². The summed E-state index contributed by atoms with van der Waals surface area (Å²) in [5.41, 5.74) is 6.24. The van der Waals surface area contributed by atoms with Gasteiger partial charge in [0.1, 0.15) is 6.61 Å². The van der Waals surface area contributed by atoms with Crippen LogP contribution in [0.25, 0.3) is 11.1 Å². The minimum Gasteiger partial charge on any atom is -0.488 e. The van der Waals surface area contributed by atoms with E-state index in [4.69, 9.17) is 10.5 Å². The third-order valence-corrected chi connectivity index (χ3v) is 4.29. The van der Waals surface area contributed by atoms with Crippen LogP contribution in [0.3, 0.4) is 0 Å². The SMILES string of the molecule is CS(=O)(=O)c1ccc(-c2ccc(OCCN)c(OC(F)(F)F)c2)cc1. The molecular formula is C16H16F3NO4S. The largest absolute Gasteiger partial charge is 0.573 e. The van der Waals surface area contributed by atoms with E-state index in [1.54, 1.807) is 6.07 Å². The Morgan fingerprint density at radius 1 is 1.00 bits per heavy atom. The maximum Gasteiger partial charge on any atom is 0.573 e. The number of sulfone groups is 1. The fourth-order valence-corrected chi connectivity index (χ4v) is 2.71. The number of halogens is 3. The molecule has 0 spiro atoms. The summed E-state index contributed by atoms with van der Waals surface area (Å²) in [7, 11) is -3.36. The van der Waals surface area contributed by atoms with Gasteiger partial charge in [0.2, 0.25) is 0 Å². The van der Waals surface area contributed by atoms with Crippen LogP contribution in [-0.2, 0) is 9.84 Å². The summed E-state index contributed by atoms with van der Waals surface area (Å²) in [6.45, 7) is 0.177. The molecule has 5 nitrogen and oxygen atoms in total. The summed E-state index contributed by atoms with van der Waals surface area (Å²) in [5.74, 6) is -0.579. The maximum absolute atomic E-state index is 12.6. The summed E-state index contributed by atoms with van der Waals surface area (Å²) >= 11 is 0. The van der Waals surface area contributed by atoms with E-state index >= 15 is 0 Å². The van der Waals surface area contributed by atoms with Crippen molar-refractivity contribution in [3.63, 3.8) is 0 Å². The maximum atomic E-state index is 12.6. The van der Waals surface area contributed by atoms with Gasteiger partial charge in [-0.1, -0.05) is 18.2 Å². The highest BCUT2D eigenvalue weighted by Gasteiger charge is 2.32. The van der Waals surface area contributed by atoms with E-state index in [1.165, 1.54) is 36.4 Å². The van der Waals surface area contributed by atoms with E-state index in [9.17, 15) is 21.6 Å². The van der Waals surface area contributed by atoms with Gasteiger partial charge in [0.25, 0.3) is 0 Å². The Morgan fingerprint density at radius 2 is 1.60 bits per heavy atom. The predicted molar refractivity (Wildman–Crippen MR) is 86.2 cm³/mol. The fraction of sp³-hybridized carbons (Fsp3) is 0.250. The van der Waals surface area contributed by atoms with Gasteiger partial charge in [0, 0.05) is 12.8 Å². The lowest BCUT2D eigenvalue weighted by Crippen LogP contribution is -2.18. The molecule has 25 heavy (non-hydrogen) atoms. The first-order valence-electron chi connectivity index (χ1n) is 7.13. The zero-order chi connectivity index (χ0) is 18.7. The van der Waals surface area contributed by atoms with E-state index in [2.05, 4.69) is 4.74 Å². The molecule has 0 aromatic heterocycles. The summed E-state index contributed by atoms with van der Waals surface area (Å²) in [6.07, 6.45) is -3.81. The molecule has 0 amide bonds. The van der Waals surface area contributed by atoms with Crippen molar-refractivity contribution in [2.75, 3.05) is 19.4 Å². The summed E-state index contributed by atoms with van der Waals surface area (Å²) < 4.78 is 69.9. The lowest BCUT2D eigenvalue weighted by Gasteiger charge is -2.15. The Balaban J connectivity index is 2.39. The van der Waals surface area contributed by atoms with Gasteiger partial charge in [-0.05, 0) is 35.4 Å². The Kier molecular flexibility index (Phi) is 5.58. The van der Waals surface area contributed by atoms with Crippen molar-refractivity contribution in [1.29, 1.82) is 0 Å². The van der Waals surface area contributed by atoms with E-state index in [0.717, 1.165) is 6.26 Å². The van der Waals surface area contributed by atoms with Gasteiger partial charge in [-0.25, -0.2) is 8.42 Å². The third-order valence-electron chi connectivity index (χ3n) is 3.16. The van der Waals surface area contributed by atoms with E-state index in [0.29, 0.717) is 11.1 Å². The first kappa shape index (κ1) is 19.1. The van der Waals surface area contributed by atoms with E-state index in [1.807, 2.05) is 0 Å². The Bertz CT molecular complexity index is 833. The molecule has 136 valence electrons. The van der Waals surface area contributed by atoms with Crippen LogP contribution >= 0.6 is 0 Å². The van der Waals surface area contributed by atoms with E-state index in [-0.39, 0.29) is 23.8 Å². The van der Waals surface area contributed by atoms with Crippen molar-refractivity contribution < 1.29 is 31.1 Å². The molecule has 0 atom stereocenters. The molecule has 0 aliphatic rings. The summed E-state index contributed by atoms with van der Waals surface area (Å²) in [6, 6.07) is 9.84. The van der Waals surface area contributed by atoms with Gasteiger partial charge < -0.3 is 15.2 Å². The highest BCUT2D eigenvalue weighted by atomic mass is 32.2. The Labute approximate surface area is 143 Å². The van der Waals surface area contributed by atoms with Crippen LogP contribution in [0.2, 0.25) is 0 Å². The van der Waals surface area contributed by atoms with Crippen molar-refractivity contribution in [2.45, 2.75) is 11.3 Å². The molecule has 2 aromatic rings. The van der Waals surface area contributed by atoms with Crippen LogP contribution in [0.5, 0.6) is 11.5 Å². The minimum atomic E-state index is -4.88. The molecule has 2 aromatic carbocycles. The monoisotopic (exact) mass is 375 g/mol.